The van der Waals surface area contributed by atoms with Gasteiger partial charge in [-0.3, -0.25) is 4.79 Å². The molecule has 0 fully saturated rings. The second kappa shape index (κ2) is 15.8. The maximum absolute atomic E-state index is 14.6. The lowest BCUT2D eigenvalue weighted by molar-refractivity contribution is -0.141. The van der Waals surface area contributed by atoms with Crippen LogP contribution in [0.1, 0.15) is 22.7 Å². The number of aromatic hydroxyl groups is 1. The molecule has 0 aliphatic carbocycles. The highest BCUT2D eigenvalue weighted by molar-refractivity contribution is 6.30. The van der Waals surface area contributed by atoms with Gasteiger partial charge in [-0.1, -0.05) is 60.7 Å². The van der Waals surface area contributed by atoms with Crippen molar-refractivity contribution in [2.24, 2.45) is 0 Å². The molecule has 1 atom stereocenters. The number of fused-ring (bicyclic) bond motifs is 5. The lowest BCUT2D eigenvalue weighted by atomic mass is 9.88. The van der Waals surface area contributed by atoms with E-state index in [1.54, 1.807) is 41.6 Å². The molecule has 0 amide bonds. The molecule has 6 aromatic carbocycles. The first kappa shape index (κ1) is 37.8. The summed E-state index contributed by atoms with van der Waals surface area (Å²) in [6.45, 7) is 0.462. The second-order valence-corrected chi connectivity index (χ2v) is 13.9. The van der Waals surface area contributed by atoms with Crippen LogP contribution >= 0.6 is 0 Å². The van der Waals surface area contributed by atoms with Gasteiger partial charge in [-0.25, -0.2) is 0 Å². The molecule has 8 rings (SSSR count). The van der Waals surface area contributed by atoms with Gasteiger partial charge >= 0.3 is 5.97 Å². The minimum absolute atomic E-state index is 0.103. The Balaban J connectivity index is 1.61. The van der Waals surface area contributed by atoms with Crippen LogP contribution in [0.4, 0.5) is 0 Å². The van der Waals surface area contributed by atoms with E-state index in [4.69, 9.17) is 28.4 Å². The molecule has 294 valence electrons. The van der Waals surface area contributed by atoms with E-state index >= 15 is 0 Å². The number of aryl methyl sites for hydroxylation is 2. The van der Waals surface area contributed by atoms with Crippen molar-refractivity contribution < 1.29 is 38.3 Å². The van der Waals surface area contributed by atoms with E-state index in [0.717, 1.165) is 66.5 Å². The molecule has 0 aliphatic rings. The molecule has 2 heterocycles. The summed E-state index contributed by atoms with van der Waals surface area (Å²) in [5.74, 6) is 2.18. The minimum Gasteiger partial charge on any atom is -0.506 e. The molecule has 0 saturated carbocycles. The first-order chi connectivity index (χ1) is 28.3. The molecular weight excluding hydrogens is 733 g/mol. The van der Waals surface area contributed by atoms with Crippen molar-refractivity contribution >= 4 is 38.7 Å². The standard InChI is InChI=1S/C48H44N2O8/c1-53-32-18-10-28(11-19-32)26-27-50-45(40(48(52)58-6)31-16-24-35(56-4)25-17-31)38(29-12-20-33(54-2)21-13-29)42-41-36-8-7-9-37(51)43(36)49-44(41)47(57-5)39(46(42)50)30-14-22-34(55-3)23-15-30/h7-25,40,49,51H,26-27H2,1-6H3. The fourth-order valence-electron chi connectivity index (χ4n) is 8.17. The van der Waals surface area contributed by atoms with Crippen molar-refractivity contribution in [3.8, 4) is 56.8 Å². The van der Waals surface area contributed by atoms with Crippen LogP contribution in [0.5, 0.6) is 34.5 Å². The third-order valence-corrected chi connectivity index (χ3v) is 11.0. The number of rotatable bonds is 13. The number of methoxy groups -OCH3 is 6. The molecule has 8 aromatic rings. The van der Waals surface area contributed by atoms with Crippen LogP contribution in [0.25, 0.3) is 55.0 Å². The van der Waals surface area contributed by atoms with Crippen LogP contribution in [0.15, 0.2) is 115 Å². The van der Waals surface area contributed by atoms with E-state index < -0.39 is 11.9 Å². The zero-order chi connectivity index (χ0) is 40.5. The van der Waals surface area contributed by atoms with Crippen LogP contribution < -0.4 is 23.7 Å². The van der Waals surface area contributed by atoms with Gasteiger partial charge in [0.1, 0.15) is 34.7 Å². The second-order valence-electron chi connectivity index (χ2n) is 13.9. The predicted octanol–water partition coefficient (Wildman–Crippen LogP) is 9.91. The van der Waals surface area contributed by atoms with E-state index in [0.29, 0.717) is 47.0 Å². The number of nitrogens with zero attached hydrogens (tertiary/aromatic N) is 1. The van der Waals surface area contributed by atoms with Crippen LogP contribution in [0.3, 0.4) is 0 Å². The third-order valence-electron chi connectivity index (χ3n) is 11.0. The Morgan fingerprint density at radius 3 is 1.69 bits per heavy atom. The summed E-state index contributed by atoms with van der Waals surface area (Å²) in [6.07, 6.45) is 0.608. The van der Waals surface area contributed by atoms with Crippen molar-refractivity contribution in [2.75, 3.05) is 42.7 Å². The summed E-state index contributed by atoms with van der Waals surface area (Å²) < 4.78 is 36.6. The lowest BCUT2D eigenvalue weighted by Crippen LogP contribution is -2.21. The quantitative estimate of drug-likeness (QED) is 0.111. The number of aromatic amines is 1. The van der Waals surface area contributed by atoms with E-state index in [1.807, 2.05) is 97.1 Å². The summed E-state index contributed by atoms with van der Waals surface area (Å²) in [7, 11) is 9.62. The van der Waals surface area contributed by atoms with Crippen LogP contribution in [-0.2, 0) is 22.5 Å². The highest BCUT2D eigenvalue weighted by atomic mass is 16.5. The molecule has 0 aliphatic heterocycles. The summed E-state index contributed by atoms with van der Waals surface area (Å²) in [5, 5.41) is 13.8. The summed E-state index contributed by atoms with van der Waals surface area (Å²) in [6, 6.07) is 36.8. The molecule has 10 heteroatoms. The van der Waals surface area contributed by atoms with E-state index in [1.165, 1.54) is 7.11 Å². The number of carbonyl (C=O) groups excluding carboxylic acids is 1. The van der Waals surface area contributed by atoms with Crippen molar-refractivity contribution in [2.45, 2.75) is 18.9 Å². The topological polar surface area (TPSA) is 113 Å². The number of esters is 1. The molecule has 0 bridgehead atoms. The Morgan fingerprint density at radius 1 is 0.621 bits per heavy atom. The fraction of sp³-hybridized carbons (Fsp3) is 0.188. The Bertz CT molecular complexity index is 2750. The van der Waals surface area contributed by atoms with Gasteiger partial charge in [-0.2, -0.15) is 0 Å². The van der Waals surface area contributed by atoms with Gasteiger partial charge in [0.15, 0.2) is 5.75 Å². The number of phenols is 1. The van der Waals surface area contributed by atoms with Gasteiger partial charge < -0.3 is 43.1 Å². The van der Waals surface area contributed by atoms with Crippen molar-refractivity contribution in [1.82, 2.24) is 9.55 Å². The van der Waals surface area contributed by atoms with E-state index in [9.17, 15) is 9.90 Å². The fourth-order valence-corrected chi connectivity index (χ4v) is 8.17. The zero-order valence-electron chi connectivity index (χ0n) is 33.2. The number of ether oxygens (including phenoxy) is 6. The number of hydrogen-bond donors (Lipinski definition) is 2. The van der Waals surface area contributed by atoms with Gasteiger partial charge in [0.05, 0.1) is 64.8 Å². The highest BCUT2D eigenvalue weighted by Gasteiger charge is 2.36. The van der Waals surface area contributed by atoms with Gasteiger partial charge in [-0.05, 0) is 83.3 Å². The van der Waals surface area contributed by atoms with E-state index in [2.05, 4.69) is 21.7 Å². The molecule has 58 heavy (non-hydrogen) atoms. The van der Waals surface area contributed by atoms with Gasteiger partial charge in [0.2, 0.25) is 0 Å². The third kappa shape index (κ3) is 6.46. The van der Waals surface area contributed by atoms with Crippen molar-refractivity contribution in [3.05, 3.63) is 132 Å². The van der Waals surface area contributed by atoms with Gasteiger partial charge in [0.25, 0.3) is 0 Å². The number of para-hydroxylation sites is 1. The summed E-state index contributed by atoms with van der Waals surface area (Å²) in [4.78, 5) is 18.1. The number of carbonyl (C=O) groups is 1. The number of aromatic nitrogens is 2. The predicted molar refractivity (Wildman–Crippen MR) is 227 cm³/mol. The number of H-pyrrole nitrogens is 1. The summed E-state index contributed by atoms with van der Waals surface area (Å²) >= 11 is 0. The molecule has 2 aromatic heterocycles. The van der Waals surface area contributed by atoms with Crippen LogP contribution in [0, 0.1) is 0 Å². The SMILES string of the molecule is COC(=O)C(c1ccc(OC)cc1)c1c(-c2ccc(OC)cc2)c2c3c([nH]c4c(O)cccc43)c(OC)c(-c3ccc(OC)cc3)c2n1CCc1ccc(OC)cc1. The van der Waals surface area contributed by atoms with Crippen molar-refractivity contribution in [3.63, 3.8) is 0 Å². The maximum Gasteiger partial charge on any atom is 0.319 e. The van der Waals surface area contributed by atoms with Crippen LogP contribution in [0.2, 0.25) is 0 Å². The average molecular weight is 777 g/mol. The van der Waals surface area contributed by atoms with Gasteiger partial charge in [0, 0.05) is 34.0 Å². The number of benzene rings is 6. The monoisotopic (exact) mass is 776 g/mol. The Kier molecular flexibility index (Phi) is 10.3. The first-order valence-corrected chi connectivity index (χ1v) is 18.9. The van der Waals surface area contributed by atoms with Crippen LogP contribution in [-0.4, -0.2) is 63.3 Å². The molecule has 2 N–H and O–H groups in total. The van der Waals surface area contributed by atoms with E-state index in [-0.39, 0.29) is 5.75 Å². The average Bonchev–Trinajstić information content (AvgIpc) is 3.82. The number of phenolic OH excluding ortho intramolecular Hbond substituents is 1. The van der Waals surface area contributed by atoms with Gasteiger partial charge in [-0.15, -0.1) is 0 Å². The number of hydrogen-bond acceptors (Lipinski definition) is 8. The molecule has 1 unspecified atom stereocenters. The minimum atomic E-state index is -0.889. The smallest absolute Gasteiger partial charge is 0.319 e. The molecule has 0 spiro atoms. The first-order valence-electron chi connectivity index (χ1n) is 18.9. The largest absolute Gasteiger partial charge is 0.506 e. The maximum atomic E-state index is 14.6. The summed E-state index contributed by atoms with van der Waals surface area (Å²) in [5.41, 5.74) is 7.98. The number of nitrogens with one attached hydrogen (secondary N) is 1. The Labute approximate surface area is 336 Å². The molecular formula is C48H44N2O8. The van der Waals surface area contributed by atoms with Crippen molar-refractivity contribution in [1.29, 1.82) is 0 Å². The Morgan fingerprint density at radius 2 is 1.16 bits per heavy atom. The molecule has 10 nitrogen and oxygen atoms in total. The molecule has 0 radical (unpaired) electrons. The molecule has 0 saturated heterocycles. The Hall–Kier alpha value is -7.07. The lowest BCUT2D eigenvalue weighted by Gasteiger charge is -2.22. The highest BCUT2D eigenvalue weighted by Crippen LogP contribution is 2.53. The zero-order valence-corrected chi connectivity index (χ0v) is 33.2. The normalized spacial score (nSPS) is 11.8.